The van der Waals surface area contributed by atoms with E-state index in [1.165, 1.54) is 16.7 Å². The average molecular weight is 334 g/mol. The van der Waals surface area contributed by atoms with Crippen LogP contribution in [0.25, 0.3) is 0 Å². The Labute approximate surface area is 141 Å². The van der Waals surface area contributed by atoms with Gasteiger partial charge in [-0.2, -0.15) is 0 Å². The summed E-state index contributed by atoms with van der Waals surface area (Å²) >= 11 is 5.90. The zero-order valence-corrected chi connectivity index (χ0v) is 13.8. The van der Waals surface area contributed by atoms with Crippen molar-refractivity contribution in [1.82, 2.24) is 9.78 Å². The highest BCUT2D eigenvalue weighted by atomic mass is 35.5. The van der Waals surface area contributed by atoms with Gasteiger partial charge >= 0.3 is 0 Å². The Morgan fingerprint density at radius 1 is 1.00 bits per heavy atom. The Morgan fingerprint density at radius 2 is 1.64 bits per heavy atom. The van der Waals surface area contributed by atoms with Crippen molar-refractivity contribution >= 4 is 11.6 Å². The molecule has 0 N–H and O–H groups in total. The smallest absolute Gasteiger partial charge is 0.265 e. The molecule has 22 heavy (non-hydrogen) atoms. The lowest BCUT2D eigenvalue weighted by atomic mass is 10.1. The lowest BCUT2D eigenvalue weighted by molar-refractivity contribution is -0.689. The number of nitrogens with zero attached hydrogens (tertiary/aromatic N) is 3. The van der Waals surface area contributed by atoms with E-state index in [9.17, 15) is 0 Å². The quantitative estimate of drug-likeness (QED) is 0.626. The highest BCUT2D eigenvalue weighted by molar-refractivity contribution is 6.30. The molecule has 0 saturated carbocycles. The van der Waals surface area contributed by atoms with E-state index in [2.05, 4.69) is 40.9 Å². The average Bonchev–Trinajstić information content (AvgIpc) is 2.91. The minimum Gasteiger partial charge on any atom is -1.00 e. The number of hydrogen-bond acceptors (Lipinski definition) is 1. The van der Waals surface area contributed by atoms with Gasteiger partial charge in [0.1, 0.15) is 6.54 Å². The molecule has 0 bridgehead atoms. The molecule has 114 valence electrons. The molecule has 0 saturated heterocycles. The first-order valence-corrected chi connectivity index (χ1v) is 7.28. The Bertz CT molecular complexity index is 656. The Morgan fingerprint density at radius 3 is 2.32 bits per heavy atom. The van der Waals surface area contributed by atoms with E-state index in [4.69, 9.17) is 11.6 Å². The largest absolute Gasteiger partial charge is 1.00 e. The summed E-state index contributed by atoms with van der Waals surface area (Å²) < 4.78 is 4.01. The molecule has 3 nitrogen and oxygen atoms in total. The monoisotopic (exact) mass is 333 g/mol. The van der Waals surface area contributed by atoms with E-state index in [0.717, 1.165) is 18.1 Å². The van der Waals surface area contributed by atoms with Gasteiger partial charge in [-0.15, -0.1) is 4.68 Å². The third-order valence-corrected chi connectivity index (χ3v) is 3.63. The van der Waals surface area contributed by atoms with Crippen LogP contribution in [-0.2, 0) is 13.1 Å². The highest BCUT2D eigenvalue weighted by Crippen LogP contribution is 2.09. The third kappa shape index (κ3) is 4.33. The van der Waals surface area contributed by atoms with Crippen LogP contribution in [0.15, 0.2) is 61.2 Å². The van der Waals surface area contributed by atoms with Crippen LogP contribution in [0.4, 0.5) is 0 Å². The van der Waals surface area contributed by atoms with Gasteiger partial charge in [-0.1, -0.05) is 53.6 Å². The summed E-state index contributed by atoms with van der Waals surface area (Å²) in [5.74, 6) is 0. The summed E-state index contributed by atoms with van der Waals surface area (Å²) in [5.41, 5.74) is 3.73. The zero-order chi connectivity index (χ0) is 14.7. The molecule has 0 aliphatic rings. The van der Waals surface area contributed by atoms with Gasteiger partial charge in [-0.3, -0.25) is 0 Å². The van der Waals surface area contributed by atoms with Gasteiger partial charge in [0.25, 0.3) is 6.33 Å². The minimum atomic E-state index is 0. The maximum atomic E-state index is 5.90. The summed E-state index contributed by atoms with van der Waals surface area (Å²) in [6.07, 6.45) is 3.87. The molecule has 0 fully saturated rings. The van der Waals surface area contributed by atoms with Crippen molar-refractivity contribution in [3.63, 3.8) is 0 Å². The van der Waals surface area contributed by atoms with Crippen LogP contribution in [-0.4, -0.2) is 9.78 Å². The molecule has 0 spiro atoms. The molecule has 0 aliphatic carbocycles. The van der Waals surface area contributed by atoms with Gasteiger partial charge in [0.05, 0.1) is 6.54 Å². The summed E-state index contributed by atoms with van der Waals surface area (Å²) in [6.45, 7) is 3.68. The van der Waals surface area contributed by atoms with Crippen molar-refractivity contribution in [2.24, 2.45) is 0 Å². The predicted octanol–water partition coefficient (Wildman–Crippen LogP) is 0.233. The van der Waals surface area contributed by atoms with E-state index in [-0.39, 0.29) is 12.4 Å². The Hall–Kier alpha value is -1.84. The zero-order valence-electron chi connectivity index (χ0n) is 12.3. The standard InChI is InChI=1S/C17H17ClN3.ClH/c1-14-2-4-16(5-3-14)11-21-13-20(12-19-21)10-15-6-8-17(18)9-7-15;/h2-9,12-13H,10-11H2,1H3;1H/q+1;/p-1. The molecule has 0 atom stereocenters. The van der Waals surface area contributed by atoms with Crippen LogP contribution in [0.3, 0.4) is 0 Å². The number of aromatic nitrogens is 3. The van der Waals surface area contributed by atoms with E-state index >= 15 is 0 Å². The van der Waals surface area contributed by atoms with Crippen molar-refractivity contribution in [2.45, 2.75) is 20.0 Å². The van der Waals surface area contributed by atoms with Crippen molar-refractivity contribution in [2.75, 3.05) is 0 Å². The van der Waals surface area contributed by atoms with Gasteiger partial charge < -0.3 is 12.4 Å². The lowest BCUT2D eigenvalue weighted by Crippen LogP contribution is -3.00. The second-order valence-electron chi connectivity index (χ2n) is 5.23. The van der Waals surface area contributed by atoms with Crippen molar-refractivity contribution in [3.8, 4) is 0 Å². The summed E-state index contributed by atoms with van der Waals surface area (Å²) in [7, 11) is 0. The second-order valence-corrected chi connectivity index (χ2v) is 5.66. The molecule has 0 unspecified atom stereocenters. The van der Waals surface area contributed by atoms with Crippen LogP contribution in [0.1, 0.15) is 16.7 Å². The van der Waals surface area contributed by atoms with Crippen molar-refractivity contribution in [3.05, 3.63) is 82.9 Å². The van der Waals surface area contributed by atoms with E-state index in [1.807, 2.05) is 41.6 Å². The first-order valence-electron chi connectivity index (χ1n) is 6.90. The predicted molar refractivity (Wildman–Crippen MR) is 83.3 cm³/mol. The normalized spacial score (nSPS) is 10.3. The molecule has 0 radical (unpaired) electrons. The van der Waals surface area contributed by atoms with Crippen LogP contribution >= 0.6 is 11.6 Å². The van der Waals surface area contributed by atoms with Crippen molar-refractivity contribution in [1.29, 1.82) is 0 Å². The first-order chi connectivity index (χ1) is 10.2. The first kappa shape index (κ1) is 16.5. The van der Waals surface area contributed by atoms with Crippen LogP contribution in [0.2, 0.25) is 5.02 Å². The number of aryl methyl sites for hydroxylation is 1. The van der Waals surface area contributed by atoms with Crippen LogP contribution in [0, 0.1) is 6.92 Å². The molecule has 1 aromatic heterocycles. The molecule has 5 heteroatoms. The van der Waals surface area contributed by atoms with Crippen LogP contribution in [0.5, 0.6) is 0 Å². The Balaban J connectivity index is 0.00000176. The molecule has 0 amide bonds. The van der Waals surface area contributed by atoms with Crippen LogP contribution < -0.4 is 17.0 Å². The lowest BCUT2D eigenvalue weighted by Gasteiger charge is -1.98. The topological polar surface area (TPSA) is 21.7 Å². The molecular formula is C17H17Cl2N3. The molecule has 3 aromatic rings. The fourth-order valence-electron chi connectivity index (χ4n) is 2.21. The number of halogens is 2. The molecular weight excluding hydrogens is 317 g/mol. The van der Waals surface area contributed by atoms with E-state index in [1.54, 1.807) is 0 Å². The fourth-order valence-corrected chi connectivity index (χ4v) is 2.33. The maximum Gasteiger partial charge on any atom is 0.265 e. The number of rotatable bonds is 4. The van der Waals surface area contributed by atoms with Gasteiger partial charge in [0.2, 0.25) is 6.33 Å². The van der Waals surface area contributed by atoms with Crippen molar-refractivity contribution < 1.29 is 17.0 Å². The maximum absolute atomic E-state index is 5.90. The van der Waals surface area contributed by atoms with E-state index < -0.39 is 0 Å². The highest BCUT2D eigenvalue weighted by Gasteiger charge is 2.07. The van der Waals surface area contributed by atoms with Gasteiger partial charge in [-0.05, 0) is 30.2 Å². The second kappa shape index (κ2) is 7.43. The summed E-state index contributed by atoms with van der Waals surface area (Å²) in [5, 5.41) is 5.16. The molecule has 1 heterocycles. The van der Waals surface area contributed by atoms with E-state index in [0.29, 0.717) is 0 Å². The van der Waals surface area contributed by atoms with Gasteiger partial charge in [0, 0.05) is 10.1 Å². The number of benzene rings is 2. The third-order valence-electron chi connectivity index (χ3n) is 3.37. The summed E-state index contributed by atoms with van der Waals surface area (Å²) in [6, 6.07) is 16.4. The SMILES string of the molecule is Cc1ccc(Cn2c[n+](Cc3ccc(Cl)cc3)cn2)cc1.[Cl-]. The molecule has 0 aliphatic heterocycles. The van der Waals surface area contributed by atoms with Gasteiger partial charge in [0.15, 0.2) is 0 Å². The number of hydrogen-bond donors (Lipinski definition) is 0. The van der Waals surface area contributed by atoms with Gasteiger partial charge in [-0.25, -0.2) is 4.57 Å². The Kier molecular flexibility index (Phi) is 5.58. The molecule has 3 rings (SSSR count). The fraction of sp³-hybridized carbons (Fsp3) is 0.176. The minimum absolute atomic E-state index is 0. The summed E-state index contributed by atoms with van der Waals surface area (Å²) in [4.78, 5) is 0. The molecule has 2 aromatic carbocycles.